The maximum absolute atomic E-state index is 13.7. The van der Waals surface area contributed by atoms with Gasteiger partial charge < -0.3 is 16.0 Å². The van der Waals surface area contributed by atoms with Gasteiger partial charge in [-0.05, 0) is 50.2 Å². The largest absolute Gasteiger partial charge is 0.356 e. The number of carbonyl (C=O) groups excluding carboxylic acids is 1. The first kappa shape index (κ1) is 19.6. The first-order valence-corrected chi connectivity index (χ1v) is 9.77. The lowest BCUT2D eigenvalue weighted by molar-refractivity contribution is -0.126. The van der Waals surface area contributed by atoms with Crippen LogP contribution >= 0.6 is 0 Å². The number of rotatable bonds is 6. The van der Waals surface area contributed by atoms with Crippen molar-refractivity contribution in [1.82, 2.24) is 16.0 Å². The third-order valence-electron chi connectivity index (χ3n) is 5.25. The van der Waals surface area contributed by atoms with Crippen molar-refractivity contribution >= 4 is 11.9 Å². The first-order chi connectivity index (χ1) is 13.1. The Balaban J connectivity index is 1.45. The summed E-state index contributed by atoms with van der Waals surface area (Å²) < 4.78 is 27.0. The number of carbonyl (C=O) groups is 1. The predicted octanol–water partition coefficient (Wildman–Crippen LogP) is 2.51. The van der Waals surface area contributed by atoms with Gasteiger partial charge in [-0.3, -0.25) is 9.79 Å². The maximum Gasteiger partial charge on any atom is 0.223 e. The Hall–Kier alpha value is -2.18. The Morgan fingerprint density at radius 3 is 2.70 bits per heavy atom. The summed E-state index contributed by atoms with van der Waals surface area (Å²) in [5.41, 5.74) is 0.340. The molecule has 2 aliphatic carbocycles. The van der Waals surface area contributed by atoms with Gasteiger partial charge in [0.1, 0.15) is 0 Å². The molecule has 0 radical (unpaired) electrons. The van der Waals surface area contributed by atoms with Crippen LogP contribution in [-0.2, 0) is 11.2 Å². The SMILES string of the molecule is CN=C(NCCc1cccc(F)c1F)NC1CCCC(C(=O)NC2CC2)C1. The first-order valence-electron chi connectivity index (χ1n) is 9.77. The number of aliphatic imine (C=N–C) groups is 1. The Labute approximate surface area is 159 Å². The predicted molar refractivity (Wildman–Crippen MR) is 101 cm³/mol. The topological polar surface area (TPSA) is 65.5 Å². The maximum atomic E-state index is 13.7. The summed E-state index contributed by atoms with van der Waals surface area (Å²) in [5.74, 6) is -0.767. The van der Waals surface area contributed by atoms with E-state index in [0.717, 1.165) is 44.6 Å². The molecule has 1 aromatic carbocycles. The fourth-order valence-corrected chi connectivity index (χ4v) is 3.55. The zero-order chi connectivity index (χ0) is 19.2. The van der Waals surface area contributed by atoms with Crippen LogP contribution in [-0.4, -0.2) is 37.5 Å². The molecule has 0 bridgehead atoms. The highest BCUT2D eigenvalue weighted by atomic mass is 19.2. The fourth-order valence-electron chi connectivity index (χ4n) is 3.55. The van der Waals surface area contributed by atoms with Crippen LogP contribution in [0.4, 0.5) is 8.78 Å². The molecule has 2 aliphatic rings. The van der Waals surface area contributed by atoms with Gasteiger partial charge in [-0.25, -0.2) is 8.78 Å². The monoisotopic (exact) mass is 378 g/mol. The Bertz CT molecular complexity index is 691. The fraction of sp³-hybridized carbons (Fsp3) is 0.600. The zero-order valence-corrected chi connectivity index (χ0v) is 15.7. The number of amides is 1. The lowest BCUT2D eigenvalue weighted by Crippen LogP contribution is -2.47. The molecule has 0 spiro atoms. The highest BCUT2D eigenvalue weighted by Gasteiger charge is 2.31. The average molecular weight is 378 g/mol. The second-order valence-corrected chi connectivity index (χ2v) is 7.45. The minimum absolute atomic E-state index is 0.0522. The summed E-state index contributed by atoms with van der Waals surface area (Å²) in [6.07, 6.45) is 6.28. The molecule has 3 rings (SSSR count). The van der Waals surface area contributed by atoms with Crippen molar-refractivity contribution < 1.29 is 13.6 Å². The molecule has 0 heterocycles. The van der Waals surface area contributed by atoms with Gasteiger partial charge in [-0.2, -0.15) is 0 Å². The summed E-state index contributed by atoms with van der Waals surface area (Å²) in [4.78, 5) is 16.5. The molecule has 148 valence electrons. The van der Waals surface area contributed by atoms with Crippen molar-refractivity contribution in [2.45, 2.75) is 57.0 Å². The summed E-state index contributed by atoms with van der Waals surface area (Å²) in [6, 6.07) is 4.79. The van der Waals surface area contributed by atoms with Crippen molar-refractivity contribution in [3.05, 3.63) is 35.4 Å². The van der Waals surface area contributed by atoms with E-state index >= 15 is 0 Å². The van der Waals surface area contributed by atoms with Gasteiger partial charge in [0.15, 0.2) is 17.6 Å². The van der Waals surface area contributed by atoms with Crippen molar-refractivity contribution in [2.24, 2.45) is 10.9 Å². The highest BCUT2D eigenvalue weighted by molar-refractivity contribution is 5.81. The van der Waals surface area contributed by atoms with E-state index in [-0.39, 0.29) is 17.9 Å². The van der Waals surface area contributed by atoms with Crippen molar-refractivity contribution in [3.8, 4) is 0 Å². The molecule has 7 heteroatoms. The standard InChI is InChI=1S/C20H28F2N4O/c1-23-20(24-11-10-13-4-3-7-17(21)18(13)22)26-16-6-2-5-14(12-16)19(27)25-15-8-9-15/h3-4,7,14-16H,2,5-6,8-12H2,1H3,(H,25,27)(H2,23,24,26). The Morgan fingerprint density at radius 1 is 1.15 bits per heavy atom. The summed E-state index contributed by atoms with van der Waals surface area (Å²) in [5, 5.41) is 9.61. The van der Waals surface area contributed by atoms with Crippen LogP contribution in [0, 0.1) is 17.6 Å². The average Bonchev–Trinajstić information content (AvgIpc) is 3.48. The van der Waals surface area contributed by atoms with Gasteiger partial charge in [-0.15, -0.1) is 0 Å². The van der Waals surface area contributed by atoms with Gasteiger partial charge in [-0.1, -0.05) is 18.6 Å². The number of guanidine groups is 1. The second-order valence-electron chi connectivity index (χ2n) is 7.45. The third kappa shape index (κ3) is 5.65. The molecule has 27 heavy (non-hydrogen) atoms. The number of hydrogen-bond donors (Lipinski definition) is 3. The van der Waals surface area contributed by atoms with E-state index in [1.807, 2.05) is 0 Å². The zero-order valence-electron chi connectivity index (χ0n) is 15.7. The van der Waals surface area contributed by atoms with E-state index < -0.39 is 11.6 Å². The van der Waals surface area contributed by atoms with Gasteiger partial charge >= 0.3 is 0 Å². The Kier molecular flexibility index (Phi) is 6.63. The minimum Gasteiger partial charge on any atom is -0.356 e. The summed E-state index contributed by atoms with van der Waals surface area (Å²) in [7, 11) is 1.68. The molecule has 2 fully saturated rings. The van der Waals surface area contributed by atoms with Crippen molar-refractivity contribution in [2.75, 3.05) is 13.6 Å². The summed E-state index contributed by atoms with van der Waals surface area (Å²) >= 11 is 0. The molecule has 5 nitrogen and oxygen atoms in total. The van der Waals surface area contributed by atoms with E-state index in [0.29, 0.717) is 30.5 Å². The van der Waals surface area contributed by atoms with Crippen LogP contribution < -0.4 is 16.0 Å². The van der Waals surface area contributed by atoms with Crippen LogP contribution in [0.3, 0.4) is 0 Å². The molecule has 1 amide bonds. The van der Waals surface area contributed by atoms with Gasteiger partial charge in [0.05, 0.1) is 0 Å². The summed E-state index contributed by atoms with van der Waals surface area (Å²) in [6.45, 7) is 0.443. The van der Waals surface area contributed by atoms with Crippen LogP contribution in [0.5, 0.6) is 0 Å². The normalized spacial score (nSPS) is 23.0. The van der Waals surface area contributed by atoms with Gasteiger partial charge in [0.2, 0.25) is 5.91 Å². The number of halogens is 2. The van der Waals surface area contributed by atoms with E-state index in [2.05, 4.69) is 20.9 Å². The number of benzene rings is 1. The lowest BCUT2D eigenvalue weighted by Gasteiger charge is -2.30. The minimum atomic E-state index is -0.826. The molecule has 2 unspecified atom stereocenters. The number of hydrogen-bond acceptors (Lipinski definition) is 2. The van der Waals surface area contributed by atoms with Crippen molar-refractivity contribution in [3.63, 3.8) is 0 Å². The van der Waals surface area contributed by atoms with Gasteiger partial charge in [0, 0.05) is 31.6 Å². The lowest BCUT2D eigenvalue weighted by atomic mass is 9.85. The van der Waals surface area contributed by atoms with Crippen LogP contribution in [0.25, 0.3) is 0 Å². The van der Waals surface area contributed by atoms with Gasteiger partial charge in [0.25, 0.3) is 0 Å². The smallest absolute Gasteiger partial charge is 0.223 e. The molecule has 3 N–H and O–H groups in total. The van der Waals surface area contributed by atoms with E-state index in [4.69, 9.17) is 0 Å². The van der Waals surface area contributed by atoms with Crippen LogP contribution in [0.1, 0.15) is 44.1 Å². The second kappa shape index (κ2) is 9.15. The molecule has 0 aliphatic heterocycles. The molecule has 0 saturated heterocycles. The van der Waals surface area contributed by atoms with E-state index in [9.17, 15) is 13.6 Å². The molecule has 0 aromatic heterocycles. The molecular formula is C20H28F2N4O. The van der Waals surface area contributed by atoms with E-state index in [1.54, 1.807) is 13.1 Å². The van der Waals surface area contributed by atoms with Crippen molar-refractivity contribution in [1.29, 1.82) is 0 Å². The highest BCUT2D eigenvalue weighted by Crippen LogP contribution is 2.26. The molecule has 2 atom stereocenters. The quantitative estimate of drug-likeness (QED) is 0.526. The van der Waals surface area contributed by atoms with Crippen LogP contribution in [0.2, 0.25) is 0 Å². The number of nitrogens with zero attached hydrogens (tertiary/aromatic N) is 1. The number of nitrogens with one attached hydrogen (secondary N) is 3. The molecule has 2 saturated carbocycles. The van der Waals surface area contributed by atoms with Crippen LogP contribution in [0.15, 0.2) is 23.2 Å². The molecule has 1 aromatic rings. The third-order valence-corrected chi connectivity index (χ3v) is 5.25. The Morgan fingerprint density at radius 2 is 1.96 bits per heavy atom. The molecular weight excluding hydrogens is 350 g/mol. The van der Waals surface area contributed by atoms with E-state index in [1.165, 1.54) is 6.07 Å².